The molecule has 1 aromatic carbocycles. The highest BCUT2D eigenvalue weighted by atomic mass is 16.5. The van der Waals surface area contributed by atoms with Gasteiger partial charge in [0.15, 0.2) is 11.3 Å². The molecule has 0 radical (unpaired) electrons. The number of aromatic nitrogens is 3. The first kappa shape index (κ1) is 12.1. The SMILES string of the molecule is COc1nc2cccnc2nc1C#Cc1ccccc1. The van der Waals surface area contributed by atoms with Crippen molar-refractivity contribution in [2.75, 3.05) is 7.11 Å². The van der Waals surface area contributed by atoms with E-state index in [1.165, 1.54) is 0 Å². The molecule has 3 rings (SSSR count). The highest BCUT2D eigenvalue weighted by Crippen LogP contribution is 2.16. The molecule has 96 valence electrons. The summed E-state index contributed by atoms with van der Waals surface area (Å²) >= 11 is 0. The van der Waals surface area contributed by atoms with Crippen molar-refractivity contribution in [3.63, 3.8) is 0 Å². The first-order chi connectivity index (χ1) is 9.86. The minimum Gasteiger partial charge on any atom is -0.479 e. The van der Waals surface area contributed by atoms with Crippen molar-refractivity contribution in [3.05, 3.63) is 59.9 Å². The van der Waals surface area contributed by atoms with Crippen LogP contribution >= 0.6 is 0 Å². The van der Waals surface area contributed by atoms with E-state index in [0.717, 1.165) is 5.56 Å². The van der Waals surface area contributed by atoms with E-state index >= 15 is 0 Å². The molecule has 0 bridgehead atoms. The zero-order valence-corrected chi connectivity index (χ0v) is 10.9. The zero-order chi connectivity index (χ0) is 13.8. The van der Waals surface area contributed by atoms with E-state index in [-0.39, 0.29) is 0 Å². The van der Waals surface area contributed by atoms with Crippen molar-refractivity contribution < 1.29 is 4.74 Å². The Morgan fingerprint density at radius 2 is 1.80 bits per heavy atom. The molecule has 0 saturated carbocycles. The number of pyridine rings is 1. The molecule has 2 aromatic heterocycles. The molecule has 0 aliphatic heterocycles. The molecule has 0 N–H and O–H groups in total. The molecule has 2 heterocycles. The fourth-order valence-electron chi connectivity index (χ4n) is 1.75. The van der Waals surface area contributed by atoms with Crippen LogP contribution in [-0.4, -0.2) is 22.1 Å². The summed E-state index contributed by atoms with van der Waals surface area (Å²) in [6.07, 6.45) is 1.68. The average Bonchev–Trinajstić information content (AvgIpc) is 2.53. The Kier molecular flexibility index (Phi) is 3.25. The van der Waals surface area contributed by atoms with E-state index in [1.807, 2.05) is 42.5 Å². The van der Waals surface area contributed by atoms with E-state index in [9.17, 15) is 0 Å². The second-order valence-electron chi connectivity index (χ2n) is 4.04. The summed E-state index contributed by atoms with van der Waals surface area (Å²) in [5, 5.41) is 0. The summed E-state index contributed by atoms with van der Waals surface area (Å²) in [7, 11) is 1.56. The van der Waals surface area contributed by atoms with Crippen LogP contribution < -0.4 is 4.74 Å². The summed E-state index contributed by atoms with van der Waals surface area (Å²) in [6, 6.07) is 13.4. The number of hydrogen-bond donors (Lipinski definition) is 0. The van der Waals surface area contributed by atoms with Gasteiger partial charge in [0.1, 0.15) is 5.52 Å². The number of benzene rings is 1. The van der Waals surface area contributed by atoms with Gasteiger partial charge in [-0.2, -0.15) is 0 Å². The van der Waals surface area contributed by atoms with Gasteiger partial charge in [-0.3, -0.25) is 0 Å². The monoisotopic (exact) mass is 261 g/mol. The number of hydrogen-bond acceptors (Lipinski definition) is 4. The van der Waals surface area contributed by atoms with Gasteiger partial charge in [-0.25, -0.2) is 15.0 Å². The second kappa shape index (κ2) is 5.37. The largest absolute Gasteiger partial charge is 0.479 e. The topological polar surface area (TPSA) is 47.9 Å². The number of rotatable bonds is 1. The first-order valence-electron chi connectivity index (χ1n) is 6.10. The maximum atomic E-state index is 5.24. The minimum atomic E-state index is 0.411. The summed E-state index contributed by atoms with van der Waals surface area (Å²) in [5.41, 5.74) is 2.65. The van der Waals surface area contributed by atoms with Crippen molar-refractivity contribution >= 4 is 11.2 Å². The Labute approximate surface area is 116 Å². The van der Waals surface area contributed by atoms with Crippen molar-refractivity contribution in [2.24, 2.45) is 0 Å². The van der Waals surface area contributed by atoms with Gasteiger partial charge >= 0.3 is 0 Å². The molecule has 4 heteroatoms. The second-order valence-corrected chi connectivity index (χ2v) is 4.04. The van der Waals surface area contributed by atoms with Crippen LogP contribution in [0.25, 0.3) is 11.2 Å². The van der Waals surface area contributed by atoms with Gasteiger partial charge in [-0.05, 0) is 30.2 Å². The van der Waals surface area contributed by atoms with Crippen LogP contribution in [0.15, 0.2) is 48.7 Å². The van der Waals surface area contributed by atoms with Crippen molar-refractivity contribution in [3.8, 4) is 17.7 Å². The minimum absolute atomic E-state index is 0.411. The molecule has 0 atom stereocenters. The summed E-state index contributed by atoms with van der Waals surface area (Å²) < 4.78 is 5.24. The molecule has 4 nitrogen and oxygen atoms in total. The predicted molar refractivity (Wildman–Crippen MR) is 76.3 cm³/mol. The van der Waals surface area contributed by atoms with Gasteiger partial charge < -0.3 is 4.74 Å². The molecule has 0 amide bonds. The smallest absolute Gasteiger partial charge is 0.249 e. The van der Waals surface area contributed by atoms with E-state index in [0.29, 0.717) is 22.7 Å². The van der Waals surface area contributed by atoms with Gasteiger partial charge in [-0.15, -0.1) is 0 Å². The van der Waals surface area contributed by atoms with Crippen LogP contribution in [0.1, 0.15) is 11.3 Å². The molecule has 0 aliphatic carbocycles. The highest BCUT2D eigenvalue weighted by Gasteiger charge is 2.07. The maximum Gasteiger partial charge on any atom is 0.249 e. The van der Waals surface area contributed by atoms with Gasteiger partial charge in [0.05, 0.1) is 7.11 Å². The number of fused-ring (bicyclic) bond motifs is 1. The quantitative estimate of drug-likeness (QED) is 0.631. The average molecular weight is 261 g/mol. The van der Waals surface area contributed by atoms with Crippen LogP contribution in [0.2, 0.25) is 0 Å². The molecule has 0 unspecified atom stereocenters. The Morgan fingerprint density at radius 1 is 0.950 bits per heavy atom. The van der Waals surface area contributed by atoms with Gasteiger partial charge in [-0.1, -0.05) is 24.1 Å². The standard InChI is InChI=1S/C16H11N3O/c1-20-16-14(10-9-12-6-3-2-4-7-12)18-15-13(19-16)8-5-11-17-15/h2-8,11H,1H3. The van der Waals surface area contributed by atoms with Gasteiger partial charge in [0, 0.05) is 11.8 Å². The van der Waals surface area contributed by atoms with E-state index in [2.05, 4.69) is 26.8 Å². The number of nitrogens with zero attached hydrogens (tertiary/aromatic N) is 3. The van der Waals surface area contributed by atoms with Crippen LogP contribution in [-0.2, 0) is 0 Å². The lowest BCUT2D eigenvalue weighted by molar-refractivity contribution is 0.396. The lowest BCUT2D eigenvalue weighted by Gasteiger charge is -2.02. The van der Waals surface area contributed by atoms with Gasteiger partial charge in [0.2, 0.25) is 5.88 Å². The fourth-order valence-corrected chi connectivity index (χ4v) is 1.75. The molecule has 0 aliphatic rings. The Bertz CT molecular complexity index is 804. The predicted octanol–water partition coefficient (Wildman–Crippen LogP) is 2.43. The summed E-state index contributed by atoms with van der Waals surface area (Å²) in [4.78, 5) is 12.9. The summed E-state index contributed by atoms with van der Waals surface area (Å²) in [5.74, 6) is 6.44. The third-order valence-corrected chi connectivity index (χ3v) is 2.70. The molecule has 0 spiro atoms. The van der Waals surface area contributed by atoms with Crippen molar-refractivity contribution in [1.29, 1.82) is 0 Å². The molecule has 0 fully saturated rings. The molecular weight excluding hydrogens is 250 g/mol. The van der Waals surface area contributed by atoms with Crippen LogP contribution in [0.3, 0.4) is 0 Å². The Hall–Kier alpha value is -2.93. The molecular formula is C16H11N3O. The highest BCUT2D eigenvalue weighted by molar-refractivity contribution is 5.71. The molecule has 0 saturated heterocycles. The third kappa shape index (κ3) is 2.43. The van der Waals surface area contributed by atoms with Crippen LogP contribution in [0, 0.1) is 11.8 Å². The van der Waals surface area contributed by atoms with E-state index < -0.39 is 0 Å². The van der Waals surface area contributed by atoms with Crippen molar-refractivity contribution in [2.45, 2.75) is 0 Å². The summed E-state index contributed by atoms with van der Waals surface area (Å²) in [6.45, 7) is 0. The van der Waals surface area contributed by atoms with E-state index in [1.54, 1.807) is 13.3 Å². The van der Waals surface area contributed by atoms with Gasteiger partial charge in [0.25, 0.3) is 0 Å². The number of methoxy groups -OCH3 is 1. The zero-order valence-electron chi connectivity index (χ0n) is 10.9. The normalized spacial score (nSPS) is 9.85. The maximum absolute atomic E-state index is 5.24. The first-order valence-corrected chi connectivity index (χ1v) is 6.10. The molecule has 3 aromatic rings. The Morgan fingerprint density at radius 3 is 2.60 bits per heavy atom. The molecule has 20 heavy (non-hydrogen) atoms. The van der Waals surface area contributed by atoms with Crippen LogP contribution in [0.4, 0.5) is 0 Å². The van der Waals surface area contributed by atoms with Crippen molar-refractivity contribution in [1.82, 2.24) is 15.0 Å². The lowest BCUT2D eigenvalue weighted by atomic mass is 10.2. The fraction of sp³-hybridized carbons (Fsp3) is 0.0625. The third-order valence-electron chi connectivity index (χ3n) is 2.70. The Balaban J connectivity index is 2.09. The lowest BCUT2D eigenvalue weighted by Crippen LogP contribution is -1.97. The number of ether oxygens (including phenoxy) is 1. The van der Waals surface area contributed by atoms with E-state index in [4.69, 9.17) is 4.74 Å². The van der Waals surface area contributed by atoms with Crippen LogP contribution in [0.5, 0.6) is 5.88 Å².